The van der Waals surface area contributed by atoms with Crippen LogP contribution < -0.4 is 10.6 Å². The first-order chi connectivity index (χ1) is 7.22. The van der Waals surface area contributed by atoms with Crippen LogP contribution in [0.15, 0.2) is 0 Å². The Morgan fingerprint density at radius 3 is 2.73 bits per heavy atom. The fourth-order valence-corrected chi connectivity index (χ4v) is 2.19. The van der Waals surface area contributed by atoms with Gasteiger partial charge in [0.05, 0.1) is 0 Å². The molecule has 88 valence electrons. The van der Waals surface area contributed by atoms with Crippen molar-refractivity contribution in [1.29, 1.82) is 0 Å². The smallest absolute Gasteiger partial charge is 0.220 e. The van der Waals surface area contributed by atoms with Gasteiger partial charge in [-0.15, -0.1) is 0 Å². The number of nitrogens with one attached hydrogen (secondary N) is 2. The Hall–Kier alpha value is -0.570. The Morgan fingerprint density at radius 1 is 1.47 bits per heavy atom. The van der Waals surface area contributed by atoms with Crippen LogP contribution in [0, 0.1) is 5.92 Å². The van der Waals surface area contributed by atoms with Crippen LogP contribution in [-0.4, -0.2) is 25.0 Å². The summed E-state index contributed by atoms with van der Waals surface area (Å²) < 4.78 is 0. The van der Waals surface area contributed by atoms with E-state index in [0.29, 0.717) is 12.0 Å². The summed E-state index contributed by atoms with van der Waals surface area (Å²) in [5, 5.41) is 6.39. The van der Waals surface area contributed by atoms with Crippen LogP contribution in [0.5, 0.6) is 0 Å². The van der Waals surface area contributed by atoms with E-state index in [4.69, 9.17) is 0 Å². The lowest BCUT2D eigenvalue weighted by molar-refractivity contribution is -0.122. The van der Waals surface area contributed by atoms with Crippen molar-refractivity contribution in [3.63, 3.8) is 0 Å². The molecule has 0 saturated carbocycles. The Labute approximate surface area is 93.0 Å². The summed E-state index contributed by atoms with van der Waals surface area (Å²) in [6, 6.07) is 0.337. The number of rotatable bonds is 5. The molecule has 1 rings (SSSR count). The average Bonchev–Trinajstić information content (AvgIpc) is 2.19. The third-order valence-electron chi connectivity index (χ3n) is 3.06. The van der Waals surface area contributed by atoms with Gasteiger partial charge in [-0.1, -0.05) is 13.3 Å². The molecule has 1 fully saturated rings. The molecule has 0 radical (unpaired) electrons. The monoisotopic (exact) mass is 212 g/mol. The molecule has 2 N–H and O–H groups in total. The molecular formula is C12H24N2O. The van der Waals surface area contributed by atoms with E-state index in [1.165, 1.54) is 0 Å². The van der Waals surface area contributed by atoms with Gasteiger partial charge in [0.15, 0.2) is 0 Å². The molecule has 1 amide bonds. The van der Waals surface area contributed by atoms with E-state index < -0.39 is 0 Å². The summed E-state index contributed by atoms with van der Waals surface area (Å²) in [5.74, 6) is 0.836. The summed E-state index contributed by atoms with van der Waals surface area (Å²) in [4.78, 5) is 11.7. The third-order valence-corrected chi connectivity index (χ3v) is 3.06. The second kappa shape index (κ2) is 6.83. The zero-order valence-electron chi connectivity index (χ0n) is 10.0. The molecule has 0 bridgehead atoms. The third kappa shape index (κ3) is 5.17. The first-order valence-electron chi connectivity index (χ1n) is 6.22. The minimum Gasteiger partial charge on any atom is -0.354 e. The van der Waals surface area contributed by atoms with Gasteiger partial charge >= 0.3 is 0 Å². The highest BCUT2D eigenvalue weighted by Gasteiger charge is 2.17. The molecule has 0 aromatic carbocycles. The molecule has 1 saturated heterocycles. The number of carbonyl (C=O) groups is 1. The van der Waals surface area contributed by atoms with Crippen LogP contribution in [0.3, 0.4) is 0 Å². The summed E-state index contributed by atoms with van der Waals surface area (Å²) in [5.41, 5.74) is 0. The van der Waals surface area contributed by atoms with E-state index in [9.17, 15) is 4.79 Å². The molecule has 1 heterocycles. The van der Waals surface area contributed by atoms with Crippen molar-refractivity contribution in [3.05, 3.63) is 0 Å². The largest absolute Gasteiger partial charge is 0.354 e. The molecule has 1 aliphatic rings. The van der Waals surface area contributed by atoms with Crippen molar-refractivity contribution in [1.82, 2.24) is 10.6 Å². The van der Waals surface area contributed by atoms with E-state index in [1.54, 1.807) is 0 Å². The van der Waals surface area contributed by atoms with Crippen LogP contribution >= 0.6 is 0 Å². The second-order valence-corrected chi connectivity index (χ2v) is 4.65. The van der Waals surface area contributed by atoms with Crippen molar-refractivity contribution in [2.45, 2.75) is 52.0 Å². The van der Waals surface area contributed by atoms with Crippen molar-refractivity contribution in [3.8, 4) is 0 Å². The first kappa shape index (κ1) is 12.5. The fraction of sp³-hybridized carbons (Fsp3) is 0.917. The lowest BCUT2D eigenvalue weighted by Crippen LogP contribution is -2.36. The molecule has 1 aliphatic heterocycles. The molecule has 3 nitrogen and oxygen atoms in total. The van der Waals surface area contributed by atoms with Crippen LogP contribution in [-0.2, 0) is 4.79 Å². The first-order valence-corrected chi connectivity index (χ1v) is 6.22. The molecule has 3 heteroatoms. The Bertz CT molecular complexity index is 188. The highest BCUT2D eigenvalue weighted by Crippen LogP contribution is 2.15. The molecule has 0 aromatic heterocycles. The zero-order valence-corrected chi connectivity index (χ0v) is 10.0. The molecular weight excluding hydrogens is 188 g/mol. The fourth-order valence-electron chi connectivity index (χ4n) is 2.19. The summed E-state index contributed by atoms with van der Waals surface area (Å²) in [6.45, 7) is 6.38. The van der Waals surface area contributed by atoms with Crippen molar-refractivity contribution in [2.75, 3.05) is 13.1 Å². The quantitative estimate of drug-likeness (QED) is 0.728. The topological polar surface area (TPSA) is 41.1 Å². The summed E-state index contributed by atoms with van der Waals surface area (Å²) >= 11 is 0. The number of hydrogen-bond donors (Lipinski definition) is 2. The molecule has 0 spiro atoms. The maximum absolute atomic E-state index is 11.7. The number of piperidine rings is 1. The van der Waals surface area contributed by atoms with Crippen LogP contribution in [0.25, 0.3) is 0 Å². The highest BCUT2D eigenvalue weighted by atomic mass is 16.1. The van der Waals surface area contributed by atoms with Crippen molar-refractivity contribution >= 4 is 5.91 Å². The Balaban J connectivity index is 2.16. The van der Waals surface area contributed by atoms with Gasteiger partial charge < -0.3 is 10.6 Å². The molecule has 1 atom stereocenters. The summed E-state index contributed by atoms with van der Waals surface area (Å²) in [6.07, 6.45) is 5.23. The lowest BCUT2D eigenvalue weighted by atomic mass is 9.94. The van der Waals surface area contributed by atoms with Crippen molar-refractivity contribution in [2.24, 2.45) is 5.92 Å². The summed E-state index contributed by atoms with van der Waals surface area (Å²) in [7, 11) is 0. The lowest BCUT2D eigenvalue weighted by Gasteiger charge is -2.22. The van der Waals surface area contributed by atoms with Gasteiger partial charge in [-0.2, -0.15) is 0 Å². The zero-order chi connectivity index (χ0) is 11.1. The van der Waals surface area contributed by atoms with E-state index in [1.807, 2.05) is 0 Å². The van der Waals surface area contributed by atoms with Gasteiger partial charge in [0.1, 0.15) is 0 Å². The molecule has 0 aliphatic carbocycles. The van der Waals surface area contributed by atoms with Gasteiger partial charge in [-0.3, -0.25) is 4.79 Å². The SMILES string of the molecule is CCCC(C)NC(=O)CC1CCNCC1. The van der Waals surface area contributed by atoms with E-state index in [0.717, 1.165) is 45.2 Å². The van der Waals surface area contributed by atoms with Gasteiger partial charge in [0.2, 0.25) is 5.91 Å². The van der Waals surface area contributed by atoms with Gasteiger partial charge in [0, 0.05) is 12.5 Å². The van der Waals surface area contributed by atoms with E-state index in [2.05, 4.69) is 24.5 Å². The van der Waals surface area contributed by atoms with Gasteiger partial charge in [0.25, 0.3) is 0 Å². The van der Waals surface area contributed by atoms with Crippen molar-refractivity contribution < 1.29 is 4.79 Å². The predicted molar refractivity (Wildman–Crippen MR) is 62.7 cm³/mol. The molecule has 0 aromatic rings. The highest BCUT2D eigenvalue weighted by molar-refractivity contribution is 5.76. The minimum atomic E-state index is 0.239. The standard InChI is InChI=1S/C12H24N2O/c1-3-4-10(2)14-12(15)9-11-5-7-13-8-6-11/h10-11,13H,3-9H2,1-2H3,(H,14,15). The minimum absolute atomic E-state index is 0.239. The Morgan fingerprint density at radius 2 is 2.13 bits per heavy atom. The van der Waals surface area contributed by atoms with E-state index >= 15 is 0 Å². The van der Waals surface area contributed by atoms with E-state index in [-0.39, 0.29) is 5.91 Å². The number of hydrogen-bond acceptors (Lipinski definition) is 2. The number of amides is 1. The number of carbonyl (C=O) groups excluding carboxylic acids is 1. The molecule has 1 unspecified atom stereocenters. The second-order valence-electron chi connectivity index (χ2n) is 4.65. The maximum atomic E-state index is 11.7. The maximum Gasteiger partial charge on any atom is 0.220 e. The van der Waals surface area contributed by atoms with Gasteiger partial charge in [-0.05, 0) is 45.2 Å². The van der Waals surface area contributed by atoms with Gasteiger partial charge in [-0.25, -0.2) is 0 Å². The normalized spacial score (nSPS) is 19.9. The predicted octanol–water partition coefficient (Wildman–Crippen LogP) is 1.68. The van der Waals surface area contributed by atoms with Crippen LogP contribution in [0.4, 0.5) is 0 Å². The molecule has 15 heavy (non-hydrogen) atoms. The van der Waals surface area contributed by atoms with Crippen LogP contribution in [0.2, 0.25) is 0 Å². The van der Waals surface area contributed by atoms with Crippen LogP contribution in [0.1, 0.15) is 46.0 Å². The average molecular weight is 212 g/mol. The Kier molecular flexibility index (Phi) is 5.69.